The SMILES string of the molecule is O=C(NCCN1CCNCC1)c1c[nH]c(=O)c(Br)c1. The quantitative estimate of drug-likeness (QED) is 0.713. The van der Waals surface area contributed by atoms with E-state index in [4.69, 9.17) is 0 Å². The molecular formula is C12H17BrN4O2. The maximum absolute atomic E-state index is 11.9. The highest BCUT2D eigenvalue weighted by Gasteiger charge is 2.11. The first-order valence-electron chi connectivity index (χ1n) is 6.26. The highest BCUT2D eigenvalue weighted by Crippen LogP contribution is 2.04. The number of carbonyl (C=O) groups excluding carboxylic acids is 1. The minimum atomic E-state index is -0.239. The second-order valence-electron chi connectivity index (χ2n) is 4.41. The Hall–Kier alpha value is -1.18. The summed E-state index contributed by atoms with van der Waals surface area (Å²) in [5.74, 6) is -0.174. The molecule has 0 spiro atoms. The Bertz CT molecular complexity index is 497. The van der Waals surface area contributed by atoms with Crippen molar-refractivity contribution in [1.29, 1.82) is 0 Å². The lowest BCUT2D eigenvalue weighted by Gasteiger charge is -2.27. The van der Waals surface area contributed by atoms with Gasteiger partial charge in [0.25, 0.3) is 11.5 Å². The van der Waals surface area contributed by atoms with E-state index in [0.717, 1.165) is 32.7 Å². The van der Waals surface area contributed by atoms with Gasteiger partial charge in [-0.2, -0.15) is 0 Å². The van der Waals surface area contributed by atoms with Crippen LogP contribution in [0.2, 0.25) is 0 Å². The Morgan fingerprint density at radius 3 is 2.84 bits per heavy atom. The number of aromatic nitrogens is 1. The third-order valence-electron chi connectivity index (χ3n) is 3.04. The smallest absolute Gasteiger partial charge is 0.262 e. The van der Waals surface area contributed by atoms with Crippen LogP contribution in [0.3, 0.4) is 0 Å². The van der Waals surface area contributed by atoms with Crippen LogP contribution in [0, 0.1) is 0 Å². The van der Waals surface area contributed by atoms with Crippen LogP contribution in [-0.4, -0.2) is 55.1 Å². The highest BCUT2D eigenvalue weighted by atomic mass is 79.9. The number of nitrogens with zero attached hydrogens (tertiary/aromatic N) is 1. The van der Waals surface area contributed by atoms with Crippen LogP contribution >= 0.6 is 15.9 Å². The molecule has 1 fully saturated rings. The molecule has 3 N–H and O–H groups in total. The number of hydrogen-bond acceptors (Lipinski definition) is 4. The number of nitrogens with one attached hydrogen (secondary N) is 3. The van der Waals surface area contributed by atoms with Crippen molar-refractivity contribution in [2.24, 2.45) is 0 Å². The Balaban J connectivity index is 1.80. The molecule has 1 aliphatic heterocycles. The number of H-pyrrole nitrogens is 1. The van der Waals surface area contributed by atoms with E-state index < -0.39 is 0 Å². The monoisotopic (exact) mass is 328 g/mol. The molecule has 1 aromatic rings. The van der Waals surface area contributed by atoms with Crippen LogP contribution in [0.25, 0.3) is 0 Å². The highest BCUT2D eigenvalue weighted by molar-refractivity contribution is 9.10. The first-order valence-corrected chi connectivity index (χ1v) is 7.05. The third kappa shape index (κ3) is 4.15. The first kappa shape index (κ1) is 14.2. The summed E-state index contributed by atoms with van der Waals surface area (Å²) in [5, 5.41) is 6.13. The van der Waals surface area contributed by atoms with E-state index in [-0.39, 0.29) is 11.5 Å². The fourth-order valence-corrected chi connectivity index (χ4v) is 2.31. The number of carbonyl (C=O) groups is 1. The number of rotatable bonds is 4. The van der Waals surface area contributed by atoms with Crippen LogP contribution in [0.4, 0.5) is 0 Å². The molecule has 6 nitrogen and oxygen atoms in total. The van der Waals surface area contributed by atoms with E-state index in [1.807, 2.05) is 0 Å². The molecule has 0 bridgehead atoms. The van der Waals surface area contributed by atoms with Crippen LogP contribution < -0.4 is 16.2 Å². The maximum atomic E-state index is 11.9. The first-order chi connectivity index (χ1) is 9.16. The number of piperazine rings is 1. The van der Waals surface area contributed by atoms with Crippen LogP contribution in [0.15, 0.2) is 21.5 Å². The molecule has 2 heterocycles. The number of aromatic amines is 1. The molecule has 0 radical (unpaired) electrons. The van der Waals surface area contributed by atoms with E-state index in [0.29, 0.717) is 16.6 Å². The summed E-state index contributed by atoms with van der Waals surface area (Å²) in [5.41, 5.74) is 0.212. The van der Waals surface area contributed by atoms with Crippen molar-refractivity contribution in [3.8, 4) is 0 Å². The van der Waals surface area contributed by atoms with E-state index in [2.05, 4.69) is 36.4 Å². The lowest BCUT2D eigenvalue weighted by molar-refractivity contribution is 0.0947. The molecule has 1 amide bonds. The molecule has 1 saturated heterocycles. The summed E-state index contributed by atoms with van der Waals surface area (Å²) < 4.78 is 0.363. The molecule has 0 atom stereocenters. The second-order valence-corrected chi connectivity index (χ2v) is 5.27. The number of pyridine rings is 1. The summed E-state index contributed by atoms with van der Waals surface area (Å²) in [7, 11) is 0. The normalized spacial score (nSPS) is 16.3. The minimum Gasteiger partial charge on any atom is -0.351 e. The Morgan fingerprint density at radius 2 is 2.16 bits per heavy atom. The molecule has 0 aromatic carbocycles. The van der Waals surface area contributed by atoms with Gasteiger partial charge in [0.05, 0.1) is 10.0 Å². The van der Waals surface area contributed by atoms with E-state index in [1.165, 1.54) is 12.3 Å². The van der Waals surface area contributed by atoms with Crippen molar-refractivity contribution < 1.29 is 4.79 Å². The van der Waals surface area contributed by atoms with E-state index >= 15 is 0 Å². The van der Waals surface area contributed by atoms with Gasteiger partial charge in [0.2, 0.25) is 0 Å². The Labute approximate surface area is 119 Å². The van der Waals surface area contributed by atoms with Crippen molar-refractivity contribution in [2.75, 3.05) is 39.3 Å². The zero-order valence-electron chi connectivity index (χ0n) is 10.5. The lowest BCUT2D eigenvalue weighted by atomic mass is 10.2. The number of amides is 1. The summed E-state index contributed by atoms with van der Waals surface area (Å²) in [6.07, 6.45) is 1.42. The number of halogens is 1. The standard InChI is InChI=1S/C12H17BrN4O2/c13-10-7-9(8-16-12(10)19)11(18)15-3-6-17-4-1-14-2-5-17/h7-8,14H,1-6H2,(H,15,18)(H,16,19). The maximum Gasteiger partial charge on any atom is 0.262 e. The average Bonchev–Trinajstić information content (AvgIpc) is 2.43. The van der Waals surface area contributed by atoms with Gasteiger partial charge >= 0.3 is 0 Å². The topological polar surface area (TPSA) is 77.2 Å². The molecule has 2 rings (SSSR count). The molecule has 0 unspecified atom stereocenters. The van der Waals surface area contributed by atoms with Crippen LogP contribution in [-0.2, 0) is 0 Å². The number of hydrogen-bond donors (Lipinski definition) is 3. The molecular weight excluding hydrogens is 312 g/mol. The predicted molar refractivity (Wildman–Crippen MR) is 76.4 cm³/mol. The van der Waals surface area contributed by atoms with Gasteiger partial charge in [-0.1, -0.05) is 0 Å². The molecule has 7 heteroatoms. The summed E-state index contributed by atoms with van der Waals surface area (Å²) >= 11 is 3.11. The van der Waals surface area contributed by atoms with Gasteiger partial charge in [0, 0.05) is 45.5 Å². The van der Waals surface area contributed by atoms with E-state index in [1.54, 1.807) is 0 Å². The molecule has 0 saturated carbocycles. The van der Waals surface area contributed by atoms with Crippen LogP contribution in [0.5, 0.6) is 0 Å². The molecule has 0 aliphatic carbocycles. The summed E-state index contributed by atoms with van der Waals surface area (Å²) in [6, 6.07) is 1.53. The molecule has 19 heavy (non-hydrogen) atoms. The third-order valence-corrected chi connectivity index (χ3v) is 3.63. The largest absolute Gasteiger partial charge is 0.351 e. The van der Waals surface area contributed by atoms with Gasteiger partial charge < -0.3 is 15.6 Å². The van der Waals surface area contributed by atoms with Gasteiger partial charge in [-0.3, -0.25) is 14.5 Å². The summed E-state index contributed by atoms with van der Waals surface area (Å²) in [6.45, 7) is 5.48. The zero-order chi connectivity index (χ0) is 13.7. The van der Waals surface area contributed by atoms with Gasteiger partial charge in [-0.05, 0) is 22.0 Å². The summed E-state index contributed by atoms with van der Waals surface area (Å²) in [4.78, 5) is 27.8. The van der Waals surface area contributed by atoms with Crippen LogP contribution in [0.1, 0.15) is 10.4 Å². The fourth-order valence-electron chi connectivity index (χ4n) is 1.95. The lowest BCUT2D eigenvalue weighted by Crippen LogP contribution is -2.46. The van der Waals surface area contributed by atoms with Gasteiger partial charge in [-0.25, -0.2) is 0 Å². The van der Waals surface area contributed by atoms with Gasteiger partial charge in [-0.15, -0.1) is 0 Å². The van der Waals surface area contributed by atoms with Crippen molar-refractivity contribution in [3.63, 3.8) is 0 Å². The van der Waals surface area contributed by atoms with E-state index in [9.17, 15) is 9.59 Å². The van der Waals surface area contributed by atoms with Crippen molar-refractivity contribution in [2.45, 2.75) is 0 Å². The molecule has 1 aromatic heterocycles. The Morgan fingerprint density at radius 1 is 1.42 bits per heavy atom. The second kappa shape index (κ2) is 6.83. The van der Waals surface area contributed by atoms with Gasteiger partial charge in [0.1, 0.15) is 0 Å². The average molecular weight is 329 g/mol. The van der Waals surface area contributed by atoms with Gasteiger partial charge in [0.15, 0.2) is 0 Å². The van der Waals surface area contributed by atoms with Crippen molar-refractivity contribution in [1.82, 2.24) is 20.5 Å². The molecule has 104 valence electrons. The minimum absolute atomic E-state index is 0.174. The molecule has 1 aliphatic rings. The Kier molecular flexibility index (Phi) is 5.12. The zero-order valence-corrected chi connectivity index (χ0v) is 12.1. The van der Waals surface area contributed by atoms with Crippen molar-refractivity contribution in [3.05, 3.63) is 32.7 Å². The van der Waals surface area contributed by atoms with Crippen molar-refractivity contribution >= 4 is 21.8 Å². The fraction of sp³-hybridized carbons (Fsp3) is 0.500. The predicted octanol–water partition coefficient (Wildman–Crippen LogP) is -0.228.